The first kappa shape index (κ1) is 40.3. The number of benzene rings is 1. The monoisotopic (exact) mass is 831 g/mol. The van der Waals surface area contributed by atoms with Gasteiger partial charge in [0, 0.05) is 33.3 Å². The van der Waals surface area contributed by atoms with E-state index >= 15 is 0 Å². The van der Waals surface area contributed by atoms with Gasteiger partial charge >= 0.3 is 6.09 Å². The van der Waals surface area contributed by atoms with E-state index in [1.165, 1.54) is 18.2 Å². The number of nitrogens with zero attached hydrogens (tertiary/aromatic N) is 2. The zero-order valence-corrected chi connectivity index (χ0v) is 33.9. The number of sulfonamides is 1. The number of methoxy groups -OCH3 is 1. The van der Waals surface area contributed by atoms with Gasteiger partial charge in [-0.3, -0.25) is 19.1 Å². The SMILES string of the molecule is COc1cnc(O[C@@H]2C[C@H]3C(=O)N[C@]4(C(=O)NS(=O)(=O)C5(CF)CC5)C[C@H]4/C=C\CC[C@H](C)C[C@@H](C)[C@H](NC(=O)OC4(C5CC5)COC4)C(=O)N3C2)c2ccccc12.[HH].[HH].[HH]. The smallest absolute Gasteiger partial charge is 0.408 e. The molecule has 3 N–H and O–H groups in total. The number of pyridine rings is 1. The Morgan fingerprint density at radius 1 is 1.10 bits per heavy atom. The molecular weight excluding hydrogens is 774 g/mol. The Hall–Kier alpha value is -4.51. The molecule has 2 aromatic rings. The second kappa shape index (κ2) is 15.3. The number of ether oxygens (including phenoxy) is 4. The number of amides is 4. The minimum Gasteiger partial charge on any atom is -0.494 e. The highest BCUT2D eigenvalue weighted by molar-refractivity contribution is 7.91. The quantitative estimate of drug-likeness (QED) is 0.287. The van der Waals surface area contributed by atoms with Crippen molar-refractivity contribution in [2.45, 2.75) is 106 Å². The van der Waals surface area contributed by atoms with Crippen LogP contribution in [0.5, 0.6) is 11.6 Å². The van der Waals surface area contributed by atoms with Gasteiger partial charge in [-0.2, -0.15) is 0 Å². The Bertz CT molecular complexity index is 2120. The normalized spacial score (nSPS) is 32.2. The molecule has 58 heavy (non-hydrogen) atoms. The van der Waals surface area contributed by atoms with Crippen LogP contribution in [0.2, 0.25) is 0 Å². The van der Waals surface area contributed by atoms with E-state index in [9.17, 15) is 32.0 Å². The minimum atomic E-state index is -4.39. The number of alkyl halides is 1. The molecule has 320 valence electrons. The summed E-state index contributed by atoms with van der Waals surface area (Å²) in [5, 5.41) is 7.13. The van der Waals surface area contributed by atoms with Gasteiger partial charge in [0.05, 0.1) is 33.1 Å². The lowest BCUT2D eigenvalue weighted by Gasteiger charge is -2.41. The zero-order chi connectivity index (χ0) is 41.0. The molecule has 1 aromatic heterocycles. The summed E-state index contributed by atoms with van der Waals surface area (Å²) in [6.45, 7) is 3.33. The Morgan fingerprint density at radius 3 is 2.50 bits per heavy atom. The minimum absolute atomic E-state index is 0. The van der Waals surface area contributed by atoms with Crippen LogP contribution in [0.1, 0.15) is 75.9 Å². The maximum Gasteiger partial charge on any atom is 0.408 e. The van der Waals surface area contributed by atoms with E-state index in [1.807, 2.05) is 43.3 Å². The van der Waals surface area contributed by atoms with Crippen molar-refractivity contribution in [3.8, 4) is 11.6 Å². The van der Waals surface area contributed by atoms with Crippen molar-refractivity contribution in [2.24, 2.45) is 23.7 Å². The average molecular weight is 832 g/mol. The van der Waals surface area contributed by atoms with Crippen molar-refractivity contribution in [3.63, 3.8) is 0 Å². The fraction of sp³-hybridized carbons (Fsp3) is 0.634. The summed E-state index contributed by atoms with van der Waals surface area (Å²) in [6, 6.07) is 5.09. The maximum atomic E-state index is 15.0. The first-order chi connectivity index (χ1) is 27.7. The van der Waals surface area contributed by atoms with Crippen LogP contribution in [0, 0.1) is 23.7 Å². The number of carbonyl (C=O) groups is 4. The molecule has 8 rings (SSSR count). The third-order valence-electron chi connectivity index (χ3n) is 13.1. The summed E-state index contributed by atoms with van der Waals surface area (Å²) in [6.07, 6.45) is 7.81. The molecule has 2 saturated heterocycles. The number of fused-ring (bicyclic) bond motifs is 3. The molecule has 3 aliphatic carbocycles. The average Bonchev–Trinajstić information content (AvgIpc) is 4.10. The number of nitrogens with one attached hydrogen (secondary N) is 3. The van der Waals surface area contributed by atoms with Gasteiger partial charge < -0.3 is 34.5 Å². The van der Waals surface area contributed by atoms with Crippen molar-refractivity contribution in [3.05, 3.63) is 42.6 Å². The van der Waals surface area contributed by atoms with Crippen molar-refractivity contribution < 1.29 is 55.2 Å². The highest BCUT2D eigenvalue weighted by Gasteiger charge is 2.64. The highest BCUT2D eigenvalue weighted by atomic mass is 32.2. The van der Waals surface area contributed by atoms with E-state index in [0.29, 0.717) is 24.0 Å². The number of hydrogen-bond acceptors (Lipinski definition) is 11. The summed E-state index contributed by atoms with van der Waals surface area (Å²) >= 11 is 0. The van der Waals surface area contributed by atoms with Crippen LogP contribution in [0.15, 0.2) is 42.6 Å². The molecule has 4 amide bonds. The standard InChI is InChI=1S/C41H52FN5O10S.3H2/c1-24-8-4-5-9-27-18-41(27,37(50)46-58(52,53)39(21-42)14-15-39)45-34(48)31-17-28(56-35-30-11-7-6-10-29(30)32(54-3)19-43-35)20-47(31)36(49)33(25(2)16-24)44-38(51)57-40(22-55-23-40)26-12-13-26;;;/h5-7,9-11,19,24-28,31,33H,4,8,12-18,20-23H2,1-3H3,(H,44,51)(H,45,48)(H,46,50);3*1H/b9-5-;;;/t24-,25+,27+,28+,31-,33-,41+;;;/m0.../s1. The molecule has 3 aliphatic heterocycles. The molecule has 4 heterocycles. The van der Waals surface area contributed by atoms with Crippen LogP contribution in [-0.2, 0) is 33.9 Å². The number of carbonyl (C=O) groups excluding carboxylic acids is 4. The van der Waals surface area contributed by atoms with Crippen molar-refractivity contribution >= 4 is 44.6 Å². The van der Waals surface area contributed by atoms with Crippen molar-refractivity contribution in [1.29, 1.82) is 0 Å². The summed E-state index contributed by atoms with van der Waals surface area (Å²) in [4.78, 5) is 63.0. The van der Waals surface area contributed by atoms with Gasteiger partial charge in [0.25, 0.3) is 5.91 Å². The third kappa shape index (κ3) is 7.48. The fourth-order valence-corrected chi connectivity index (χ4v) is 10.4. The number of aromatic nitrogens is 1. The maximum absolute atomic E-state index is 15.0. The lowest BCUT2D eigenvalue weighted by atomic mass is 9.88. The van der Waals surface area contributed by atoms with E-state index in [-0.39, 0.29) is 73.4 Å². The second-order valence-electron chi connectivity index (χ2n) is 17.3. The van der Waals surface area contributed by atoms with Crippen molar-refractivity contribution in [2.75, 3.05) is 33.5 Å². The molecule has 6 aliphatic rings. The Kier molecular flexibility index (Phi) is 10.6. The largest absolute Gasteiger partial charge is 0.494 e. The van der Waals surface area contributed by atoms with Crippen LogP contribution in [-0.4, -0.2) is 110 Å². The Balaban J connectivity index is 0.00000235. The summed E-state index contributed by atoms with van der Waals surface area (Å²) in [5.74, 6) is -1.98. The van der Waals surface area contributed by atoms with Gasteiger partial charge in [-0.1, -0.05) is 44.2 Å². The van der Waals surface area contributed by atoms with Gasteiger partial charge in [-0.25, -0.2) is 22.6 Å². The van der Waals surface area contributed by atoms with Crippen LogP contribution < -0.4 is 24.8 Å². The lowest BCUT2D eigenvalue weighted by molar-refractivity contribution is -0.190. The summed E-state index contributed by atoms with van der Waals surface area (Å²) in [5.41, 5.74) is -2.39. The molecule has 0 radical (unpaired) electrons. The number of halogens is 1. The Morgan fingerprint density at radius 2 is 1.84 bits per heavy atom. The lowest BCUT2D eigenvalue weighted by Crippen LogP contribution is -2.61. The molecule has 5 fully saturated rings. The molecule has 7 atom stereocenters. The van der Waals surface area contributed by atoms with Crippen LogP contribution in [0.3, 0.4) is 0 Å². The van der Waals surface area contributed by atoms with Crippen LogP contribution >= 0.6 is 0 Å². The van der Waals surface area contributed by atoms with Gasteiger partial charge in [-0.15, -0.1) is 0 Å². The molecular formula is C41H58FN5O10S. The summed E-state index contributed by atoms with van der Waals surface area (Å²) in [7, 11) is -2.85. The van der Waals surface area contributed by atoms with E-state index in [0.717, 1.165) is 24.6 Å². The van der Waals surface area contributed by atoms with E-state index in [4.69, 9.17) is 18.9 Å². The number of hydrogen-bond donors (Lipinski definition) is 3. The molecule has 0 spiro atoms. The predicted octanol–water partition coefficient (Wildman–Crippen LogP) is 4.44. The molecule has 17 heteroatoms. The highest BCUT2D eigenvalue weighted by Crippen LogP contribution is 2.48. The van der Waals surface area contributed by atoms with Crippen molar-refractivity contribution in [1.82, 2.24) is 25.2 Å². The fourth-order valence-electron chi connectivity index (χ4n) is 8.94. The first-order valence-corrected chi connectivity index (χ1v) is 21.8. The second-order valence-corrected chi connectivity index (χ2v) is 19.4. The van der Waals surface area contributed by atoms with Crippen LogP contribution in [0.4, 0.5) is 9.18 Å². The predicted molar refractivity (Wildman–Crippen MR) is 214 cm³/mol. The van der Waals surface area contributed by atoms with Crippen LogP contribution in [0.25, 0.3) is 10.8 Å². The Labute approximate surface area is 341 Å². The molecule has 1 aromatic carbocycles. The van der Waals surface area contributed by atoms with Gasteiger partial charge in [0.2, 0.25) is 27.7 Å². The van der Waals surface area contributed by atoms with E-state index in [2.05, 4.69) is 27.3 Å². The molecule has 0 unspecified atom stereocenters. The molecule has 0 bridgehead atoms. The van der Waals surface area contributed by atoms with E-state index in [1.54, 1.807) is 0 Å². The topological polar surface area (TPSA) is 192 Å². The van der Waals surface area contributed by atoms with E-state index < -0.39 is 80.5 Å². The molecule has 3 saturated carbocycles. The zero-order valence-electron chi connectivity index (χ0n) is 33.0. The number of rotatable bonds is 10. The number of allylic oxidation sites excluding steroid dienone is 1. The van der Waals surface area contributed by atoms with Gasteiger partial charge in [-0.05, 0) is 69.3 Å². The van der Waals surface area contributed by atoms with Gasteiger partial charge in [0.15, 0.2) is 5.60 Å². The molecule has 15 nitrogen and oxygen atoms in total. The third-order valence-corrected chi connectivity index (χ3v) is 15.2. The van der Waals surface area contributed by atoms with Gasteiger partial charge in [0.1, 0.15) is 40.9 Å². The first-order valence-electron chi connectivity index (χ1n) is 20.3. The number of alkyl carbamates (subject to hydrolysis) is 1. The summed E-state index contributed by atoms with van der Waals surface area (Å²) < 4.78 is 64.2.